The third-order valence-corrected chi connectivity index (χ3v) is 4.32. The van der Waals surface area contributed by atoms with Gasteiger partial charge in [-0.3, -0.25) is 0 Å². The number of hydrogen-bond donors (Lipinski definition) is 6. The molecule has 0 saturated heterocycles. The molecule has 0 fully saturated rings. The maximum atomic E-state index is 10.4. The Morgan fingerprint density at radius 1 is 1.00 bits per heavy atom. The van der Waals surface area contributed by atoms with Crippen molar-refractivity contribution in [2.45, 2.75) is 17.5 Å². The largest absolute Gasteiger partial charge is 0.508 e. The zero-order valence-electron chi connectivity index (χ0n) is 11.3. The Balaban J connectivity index is 2.09. The van der Waals surface area contributed by atoms with E-state index in [2.05, 4.69) is 12.6 Å². The number of benzene rings is 2. The molecule has 1 unspecified atom stereocenters. The molecule has 0 aliphatic carbocycles. The van der Waals surface area contributed by atoms with Crippen LogP contribution in [0.25, 0.3) is 0 Å². The van der Waals surface area contributed by atoms with Gasteiger partial charge in [0, 0.05) is 29.7 Å². The van der Waals surface area contributed by atoms with E-state index in [0.717, 1.165) is 6.07 Å². The lowest BCUT2D eigenvalue weighted by Crippen LogP contribution is -2.44. The smallest absolute Gasteiger partial charge is 0.203 e. The Bertz CT molecular complexity index is 747. The van der Waals surface area contributed by atoms with Gasteiger partial charge in [-0.25, -0.2) is 0 Å². The van der Waals surface area contributed by atoms with E-state index in [1.165, 1.54) is 24.3 Å². The Hall–Kier alpha value is -2.25. The van der Waals surface area contributed by atoms with Crippen molar-refractivity contribution in [1.29, 1.82) is 0 Å². The molecule has 3 rings (SSSR count). The zero-order valence-corrected chi connectivity index (χ0v) is 12.2. The summed E-state index contributed by atoms with van der Waals surface area (Å²) in [5.74, 6) is -0.854. The van der Waals surface area contributed by atoms with E-state index in [1.54, 1.807) is 0 Å². The number of thiol groups is 1. The minimum atomic E-state index is -1.50. The van der Waals surface area contributed by atoms with Crippen LogP contribution >= 0.6 is 12.6 Å². The van der Waals surface area contributed by atoms with E-state index >= 15 is 0 Å². The van der Waals surface area contributed by atoms with Crippen molar-refractivity contribution in [1.82, 2.24) is 0 Å². The number of rotatable bonds is 1. The number of hydrogen-bond acceptors (Lipinski definition) is 7. The normalized spacial score (nSPS) is 23.6. The van der Waals surface area contributed by atoms with E-state index in [1.807, 2.05) is 0 Å². The molecule has 2 aromatic carbocycles. The van der Waals surface area contributed by atoms with Crippen LogP contribution < -0.4 is 4.74 Å². The highest BCUT2D eigenvalue weighted by atomic mass is 32.1. The summed E-state index contributed by atoms with van der Waals surface area (Å²) in [6.07, 6.45) is -1.07. The van der Waals surface area contributed by atoms with Gasteiger partial charge in [-0.15, -0.1) is 12.6 Å². The van der Waals surface area contributed by atoms with Crippen molar-refractivity contribution < 1.29 is 30.3 Å². The second kappa shape index (κ2) is 4.89. The number of ether oxygens (including phenoxy) is 1. The molecule has 116 valence electrons. The topological polar surface area (TPSA) is 110 Å². The van der Waals surface area contributed by atoms with Gasteiger partial charge < -0.3 is 30.3 Å². The van der Waals surface area contributed by atoms with Crippen LogP contribution in [0.5, 0.6) is 28.7 Å². The Morgan fingerprint density at radius 3 is 2.41 bits per heavy atom. The molecule has 1 aliphatic rings. The summed E-state index contributed by atoms with van der Waals surface area (Å²) in [6, 6.07) is 6.42. The lowest BCUT2D eigenvalue weighted by atomic mass is 9.93. The van der Waals surface area contributed by atoms with Gasteiger partial charge in [-0.05, 0) is 12.1 Å². The minimum absolute atomic E-state index is 0.0482. The number of fused-ring (bicyclic) bond motifs is 1. The third kappa shape index (κ3) is 2.18. The predicted molar refractivity (Wildman–Crippen MR) is 80.5 cm³/mol. The quantitative estimate of drug-likeness (QED) is 0.351. The van der Waals surface area contributed by atoms with Gasteiger partial charge in [-0.2, -0.15) is 0 Å². The molecule has 6 nitrogen and oxygen atoms in total. The maximum Gasteiger partial charge on any atom is 0.203 e. The minimum Gasteiger partial charge on any atom is -0.508 e. The lowest BCUT2D eigenvalue weighted by Gasteiger charge is -2.39. The molecule has 0 amide bonds. The van der Waals surface area contributed by atoms with Crippen molar-refractivity contribution in [3.05, 3.63) is 41.5 Å². The summed E-state index contributed by atoms with van der Waals surface area (Å²) in [5.41, 5.74) is 0.685. The fourth-order valence-electron chi connectivity index (χ4n) is 2.48. The highest BCUT2D eigenvalue weighted by Gasteiger charge is 2.44. The molecule has 5 N–H and O–H groups in total. The second-order valence-electron chi connectivity index (χ2n) is 5.16. The highest BCUT2D eigenvalue weighted by molar-refractivity contribution is 7.81. The molecular weight excluding hydrogens is 308 g/mol. The van der Waals surface area contributed by atoms with E-state index < -0.39 is 11.0 Å². The predicted octanol–water partition coefficient (Wildman–Crippen LogP) is 1.59. The van der Waals surface area contributed by atoms with Crippen LogP contribution in [0.15, 0.2) is 30.3 Å². The van der Waals surface area contributed by atoms with Crippen LogP contribution in [0.3, 0.4) is 0 Å². The number of phenols is 4. The van der Waals surface area contributed by atoms with Crippen LogP contribution in [0.4, 0.5) is 0 Å². The number of aliphatic hydroxyl groups is 1. The van der Waals surface area contributed by atoms with Crippen LogP contribution in [-0.2, 0) is 11.4 Å². The molecule has 2 aromatic rings. The number of aromatic hydroxyl groups is 4. The second-order valence-corrected chi connectivity index (χ2v) is 5.83. The van der Waals surface area contributed by atoms with E-state index in [0.29, 0.717) is 11.1 Å². The number of aliphatic hydroxyl groups excluding tert-OH is 1. The van der Waals surface area contributed by atoms with Gasteiger partial charge in [0.25, 0.3) is 0 Å². The van der Waals surface area contributed by atoms with E-state index in [-0.39, 0.29) is 35.2 Å². The summed E-state index contributed by atoms with van der Waals surface area (Å²) < 4.78 is 5.68. The molecular formula is C15H14O6S. The first-order valence-corrected chi connectivity index (χ1v) is 6.92. The average molecular weight is 322 g/mol. The first-order chi connectivity index (χ1) is 10.3. The molecule has 0 aromatic heterocycles. The molecule has 0 radical (unpaired) electrons. The first-order valence-electron chi connectivity index (χ1n) is 6.48. The lowest BCUT2D eigenvalue weighted by molar-refractivity contribution is -0.00516. The van der Waals surface area contributed by atoms with Crippen molar-refractivity contribution >= 4 is 12.6 Å². The molecule has 1 aliphatic heterocycles. The van der Waals surface area contributed by atoms with Crippen LogP contribution in [-0.4, -0.2) is 31.6 Å². The molecule has 7 heteroatoms. The third-order valence-electron chi connectivity index (χ3n) is 3.67. The standard InChI is InChI=1S/C15H14O6S/c16-8-4-11(18)9-6-14(20)15(22,21-13(9)5-8)7-1-2-10(17)12(19)3-7/h1-5,14,16-20,22H,6H2/t14?,15-/m0/s1. The molecule has 2 atom stereocenters. The Kier molecular flexibility index (Phi) is 3.26. The highest BCUT2D eigenvalue weighted by Crippen LogP contribution is 2.47. The fourth-order valence-corrected chi connectivity index (χ4v) is 2.81. The van der Waals surface area contributed by atoms with Gasteiger partial charge in [0.05, 0.1) is 0 Å². The molecule has 22 heavy (non-hydrogen) atoms. The Labute approximate surface area is 131 Å². The monoisotopic (exact) mass is 322 g/mol. The van der Waals surface area contributed by atoms with Crippen molar-refractivity contribution in [3.8, 4) is 28.7 Å². The maximum absolute atomic E-state index is 10.4. The first kappa shape index (κ1) is 14.7. The van der Waals surface area contributed by atoms with Crippen LogP contribution in [0, 0.1) is 0 Å². The van der Waals surface area contributed by atoms with Gasteiger partial charge in [0.15, 0.2) is 11.5 Å². The fraction of sp³-hybridized carbons (Fsp3) is 0.200. The van der Waals surface area contributed by atoms with Gasteiger partial charge in [-0.1, -0.05) is 6.07 Å². The van der Waals surface area contributed by atoms with Crippen molar-refractivity contribution in [3.63, 3.8) is 0 Å². The number of phenolic OH excluding ortho intramolecular Hbond substituents is 4. The van der Waals surface area contributed by atoms with E-state index in [9.17, 15) is 25.5 Å². The van der Waals surface area contributed by atoms with Crippen LogP contribution in [0.2, 0.25) is 0 Å². The van der Waals surface area contributed by atoms with Gasteiger partial charge in [0.2, 0.25) is 4.93 Å². The summed E-state index contributed by atoms with van der Waals surface area (Å²) in [7, 11) is 0. The molecule has 0 bridgehead atoms. The molecule has 0 saturated carbocycles. The molecule has 1 heterocycles. The summed E-state index contributed by atoms with van der Waals surface area (Å²) in [5, 5.41) is 48.7. The summed E-state index contributed by atoms with van der Waals surface area (Å²) in [4.78, 5) is -1.50. The Morgan fingerprint density at radius 2 is 1.73 bits per heavy atom. The SMILES string of the molecule is Oc1cc(O)c2c(c1)O[C@](S)(c1ccc(O)c(O)c1)C(O)C2. The van der Waals surface area contributed by atoms with Gasteiger partial charge >= 0.3 is 0 Å². The average Bonchev–Trinajstić information content (AvgIpc) is 2.44. The zero-order chi connectivity index (χ0) is 16.1. The van der Waals surface area contributed by atoms with Crippen molar-refractivity contribution in [2.75, 3.05) is 0 Å². The summed E-state index contributed by atoms with van der Waals surface area (Å²) >= 11 is 4.38. The van der Waals surface area contributed by atoms with E-state index in [4.69, 9.17) is 4.74 Å². The van der Waals surface area contributed by atoms with Crippen LogP contribution in [0.1, 0.15) is 11.1 Å². The van der Waals surface area contributed by atoms with Crippen molar-refractivity contribution in [2.24, 2.45) is 0 Å². The van der Waals surface area contributed by atoms with Gasteiger partial charge in [0.1, 0.15) is 23.4 Å². The molecule has 0 spiro atoms. The summed E-state index contributed by atoms with van der Waals surface area (Å²) in [6.45, 7) is 0.